The first kappa shape index (κ1) is 19.3. The van der Waals surface area contributed by atoms with Crippen LogP contribution in [0.1, 0.15) is 25.0 Å². The Bertz CT molecular complexity index is 707. The zero-order valence-electron chi connectivity index (χ0n) is 14.8. The van der Waals surface area contributed by atoms with E-state index >= 15 is 0 Å². The number of allylic oxidation sites excluding steroid dienone is 6. The molecular formula is C20H24O4. The Kier molecular flexibility index (Phi) is 7.56. The Morgan fingerprint density at radius 3 is 2.38 bits per heavy atom. The molecule has 0 fully saturated rings. The number of carbonyl (C=O) groups is 1. The second kappa shape index (κ2) is 9.40. The molecule has 24 heavy (non-hydrogen) atoms. The van der Waals surface area contributed by atoms with E-state index in [0.29, 0.717) is 5.57 Å². The molecule has 128 valence electrons. The maximum atomic E-state index is 10.5. The van der Waals surface area contributed by atoms with Crippen molar-refractivity contribution in [2.75, 3.05) is 14.2 Å². The van der Waals surface area contributed by atoms with Crippen molar-refractivity contribution in [2.45, 2.75) is 20.8 Å². The average molecular weight is 328 g/mol. The minimum atomic E-state index is -0.945. The highest BCUT2D eigenvalue weighted by atomic mass is 16.5. The van der Waals surface area contributed by atoms with Crippen LogP contribution in [-0.2, 0) is 4.79 Å². The molecule has 0 radical (unpaired) electrons. The third kappa shape index (κ3) is 6.16. The number of hydrogen-bond acceptors (Lipinski definition) is 3. The van der Waals surface area contributed by atoms with Crippen molar-refractivity contribution in [1.82, 2.24) is 0 Å². The van der Waals surface area contributed by atoms with Gasteiger partial charge >= 0.3 is 5.97 Å². The first-order chi connectivity index (χ1) is 11.4. The van der Waals surface area contributed by atoms with Crippen molar-refractivity contribution >= 4 is 12.0 Å². The van der Waals surface area contributed by atoms with Crippen LogP contribution in [0.3, 0.4) is 0 Å². The molecule has 0 atom stereocenters. The Morgan fingerprint density at radius 1 is 1.08 bits per heavy atom. The van der Waals surface area contributed by atoms with E-state index in [0.717, 1.165) is 28.2 Å². The summed E-state index contributed by atoms with van der Waals surface area (Å²) in [6.45, 7) is 5.72. The number of rotatable bonds is 7. The molecule has 1 aromatic carbocycles. The van der Waals surface area contributed by atoms with Crippen LogP contribution in [0.2, 0.25) is 0 Å². The minimum Gasteiger partial charge on any atom is -0.497 e. The average Bonchev–Trinajstić information content (AvgIpc) is 2.52. The molecule has 0 bridgehead atoms. The van der Waals surface area contributed by atoms with Gasteiger partial charge in [-0.3, -0.25) is 0 Å². The molecule has 0 aliphatic heterocycles. The van der Waals surface area contributed by atoms with E-state index in [1.807, 2.05) is 50.3 Å². The molecule has 0 unspecified atom stereocenters. The zero-order valence-corrected chi connectivity index (χ0v) is 14.8. The number of benzene rings is 1. The zero-order chi connectivity index (χ0) is 18.1. The Balaban J connectivity index is 2.94. The van der Waals surface area contributed by atoms with Gasteiger partial charge in [0.1, 0.15) is 11.5 Å². The van der Waals surface area contributed by atoms with Gasteiger partial charge in [-0.05, 0) is 38.0 Å². The molecule has 4 nitrogen and oxygen atoms in total. The second-order valence-electron chi connectivity index (χ2n) is 5.39. The van der Waals surface area contributed by atoms with Gasteiger partial charge in [0.2, 0.25) is 0 Å². The van der Waals surface area contributed by atoms with Crippen LogP contribution in [0.15, 0.2) is 53.7 Å². The van der Waals surface area contributed by atoms with Gasteiger partial charge in [-0.2, -0.15) is 0 Å². The van der Waals surface area contributed by atoms with E-state index in [1.165, 1.54) is 6.08 Å². The van der Waals surface area contributed by atoms with Crippen molar-refractivity contribution in [3.63, 3.8) is 0 Å². The van der Waals surface area contributed by atoms with E-state index in [2.05, 4.69) is 0 Å². The van der Waals surface area contributed by atoms with Crippen LogP contribution >= 0.6 is 0 Å². The van der Waals surface area contributed by atoms with E-state index in [1.54, 1.807) is 27.2 Å². The van der Waals surface area contributed by atoms with Crippen molar-refractivity contribution in [2.24, 2.45) is 0 Å². The summed E-state index contributed by atoms with van der Waals surface area (Å²) >= 11 is 0. The molecule has 0 saturated heterocycles. The van der Waals surface area contributed by atoms with E-state index in [4.69, 9.17) is 14.6 Å². The van der Waals surface area contributed by atoms with Crippen LogP contribution in [0.4, 0.5) is 0 Å². The SMILES string of the molecule is COc1cc(C)c(/C=C/C(C)=C/C=C/C(C)=C/C(=O)O)c(OC)c1. The molecule has 1 rings (SSSR count). The molecule has 0 aromatic heterocycles. The number of aryl methyl sites for hydroxylation is 1. The van der Waals surface area contributed by atoms with Crippen molar-refractivity contribution in [1.29, 1.82) is 0 Å². The van der Waals surface area contributed by atoms with Gasteiger partial charge in [0.15, 0.2) is 0 Å². The Morgan fingerprint density at radius 2 is 1.79 bits per heavy atom. The summed E-state index contributed by atoms with van der Waals surface area (Å²) in [5, 5.41) is 8.66. The number of ether oxygens (including phenoxy) is 2. The summed E-state index contributed by atoms with van der Waals surface area (Å²) in [5.74, 6) is 0.573. The standard InChI is InChI=1S/C20H24O4/c1-14(7-6-8-15(2)11-20(21)22)9-10-18-16(3)12-17(23-4)13-19(18)24-5/h6-13H,1-5H3,(H,21,22)/b8-6+,10-9+,14-7+,15-11+. The summed E-state index contributed by atoms with van der Waals surface area (Å²) in [6.07, 6.45) is 10.6. The van der Waals surface area contributed by atoms with Crippen LogP contribution in [0, 0.1) is 6.92 Å². The van der Waals surface area contributed by atoms with Gasteiger partial charge in [-0.15, -0.1) is 0 Å². The van der Waals surface area contributed by atoms with Crippen molar-refractivity contribution < 1.29 is 19.4 Å². The van der Waals surface area contributed by atoms with Crippen LogP contribution in [0.25, 0.3) is 6.08 Å². The number of hydrogen-bond donors (Lipinski definition) is 1. The van der Waals surface area contributed by atoms with Gasteiger partial charge in [0.05, 0.1) is 14.2 Å². The first-order valence-electron chi connectivity index (χ1n) is 7.54. The monoisotopic (exact) mass is 328 g/mol. The van der Waals surface area contributed by atoms with Gasteiger partial charge in [-0.25, -0.2) is 4.79 Å². The summed E-state index contributed by atoms with van der Waals surface area (Å²) in [5.41, 5.74) is 3.78. The fraction of sp³-hybridized carbons (Fsp3) is 0.250. The van der Waals surface area contributed by atoms with Gasteiger partial charge in [0, 0.05) is 17.7 Å². The molecule has 0 amide bonds. The molecule has 0 aliphatic carbocycles. The van der Waals surface area contributed by atoms with Gasteiger partial charge < -0.3 is 14.6 Å². The molecule has 0 heterocycles. The van der Waals surface area contributed by atoms with Crippen molar-refractivity contribution in [3.8, 4) is 11.5 Å². The summed E-state index contributed by atoms with van der Waals surface area (Å²) in [6, 6.07) is 3.81. The summed E-state index contributed by atoms with van der Waals surface area (Å²) in [4.78, 5) is 10.5. The van der Waals surface area contributed by atoms with E-state index < -0.39 is 5.97 Å². The predicted molar refractivity (Wildman–Crippen MR) is 97.6 cm³/mol. The molecule has 1 aromatic rings. The van der Waals surface area contributed by atoms with Crippen LogP contribution < -0.4 is 9.47 Å². The van der Waals surface area contributed by atoms with Crippen LogP contribution in [-0.4, -0.2) is 25.3 Å². The normalized spacial score (nSPS) is 12.9. The van der Waals surface area contributed by atoms with E-state index in [-0.39, 0.29) is 0 Å². The minimum absolute atomic E-state index is 0.684. The van der Waals surface area contributed by atoms with Gasteiger partial charge in [0.25, 0.3) is 0 Å². The highest BCUT2D eigenvalue weighted by Gasteiger charge is 2.06. The lowest BCUT2D eigenvalue weighted by atomic mass is 10.1. The topological polar surface area (TPSA) is 55.8 Å². The molecule has 1 N–H and O–H groups in total. The quantitative estimate of drug-likeness (QED) is 0.589. The lowest BCUT2D eigenvalue weighted by Crippen LogP contribution is -1.93. The van der Waals surface area contributed by atoms with Crippen LogP contribution in [0.5, 0.6) is 11.5 Å². The lowest BCUT2D eigenvalue weighted by molar-refractivity contribution is -0.131. The Labute approximate surface area is 143 Å². The lowest BCUT2D eigenvalue weighted by Gasteiger charge is -2.10. The fourth-order valence-electron chi connectivity index (χ4n) is 2.10. The molecule has 0 spiro atoms. The number of methoxy groups -OCH3 is 2. The Hall–Kier alpha value is -2.75. The summed E-state index contributed by atoms with van der Waals surface area (Å²) < 4.78 is 10.7. The molecular weight excluding hydrogens is 304 g/mol. The predicted octanol–water partition coefficient (Wildman–Crippen LogP) is 4.56. The smallest absolute Gasteiger partial charge is 0.328 e. The first-order valence-corrected chi connectivity index (χ1v) is 7.54. The second-order valence-corrected chi connectivity index (χ2v) is 5.39. The molecule has 0 aliphatic rings. The maximum Gasteiger partial charge on any atom is 0.328 e. The fourth-order valence-corrected chi connectivity index (χ4v) is 2.10. The third-order valence-corrected chi connectivity index (χ3v) is 3.36. The maximum absolute atomic E-state index is 10.5. The summed E-state index contributed by atoms with van der Waals surface area (Å²) in [7, 11) is 3.26. The highest BCUT2D eigenvalue weighted by Crippen LogP contribution is 2.29. The molecule has 0 saturated carbocycles. The largest absolute Gasteiger partial charge is 0.497 e. The van der Waals surface area contributed by atoms with Gasteiger partial charge in [-0.1, -0.05) is 36.0 Å². The number of carboxylic acid groups (broad SMARTS) is 1. The third-order valence-electron chi connectivity index (χ3n) is 3.36. The van der Waals surface area contributed by atoms with E-state index in [9.17, 15) is 4.79 Å². The number of carboxylic acids is 1. The number of aliphatic carboxylic acids is 1. The van der Waals surface area contributed by atoms with Crippen molar-refractivity contribution in [3.05, 3.63) is 64.8 Å². The highest BCUT2D eigenvalue weighted by molar-refractivity contribution is 5.81. The molecule has 4 heteroatoms.